The molecule has 0 bridgehead atoms. The summed E-state index contributed by atoms with van der Waals surface area (Å²) in [6, 6.07) is 7.97. The van der Waals surface area contributed by atoms with Gasteiger partial charge in [-0.05, 0) is 29.5 Å². The van der Waals surface area contributed by atoms with Crippen LogP contribution in [0, 0.1) is 11.3 Å². The number of carbonyl (C=O) groups is 1. The first-order chi connectivity index (χ1) is 9.20. The number of aliphatic hydroxyl groups is 1. The molecule has 4 heteroatoms. The number of nitrogens with one attached hydrogen (secondary N) is 1. The normalized spacial score (nSPS) is 14.7. The third-order valence-electron chi connectivity index (χ3n) is 3.37. The summed E-state index contributed by atoms with van der Waals surface area (Å²) in [5, 5.41) is 12.7. The molecule has 0 saturated heterocycles. The summed E-state index contributed by atoms with van der Waals surface area (Å²) >= 11 is 3.39. The van der Waals surface area contributed by atoms with Crippen molar-refractivity contribution in [3.8, 4) is 0 Å². The molecule has 1 aromatic rings. The maximum Gasteiger partial charge on any atom is 0.223 e. The van der Waals surface area contributed by atoms with Crippen LogP contribution in [0.25, 0.3) is 0 Å². The van der Waals surface area contributed by atoms with E-state index in [2.05, 4.69) is 21.2 Å². The first kappa shape index (κ1) is 17.2. The van der Waals surface area contributed by atoms with Crippen LogP contribution in [0.4, 0.5) is 0 Å². The molecule has 1 rings (SSSR count). The molecule has 0 aliphatic rings. The highest BCUT2D eigenvalue weighted by Gasteiger charge is 2.23. The first-order valence-electron chi connectivity index (χ1n) is 6.90. The highest BCUT2D eigenvalue weighted by Crippen LogP contribution is 2.18. The molecule has 2 N–H and O–H groups in total. The van der Waals surface area contributed by atoms with E-state index in [1.165, 1.54) is 0 Å². The summed E-state index contributed by atoms with van der Waals surface area (Å²) in [5.74, 6) is -0.125. The number of benzene rings is 1. The summed E-state index contributed by atoms with van der Waals surface area (Å²) in [5.41, 5.74) is 0.912. The van der Waals surface area contributed by atoms with Gasteiger partial charge in [-0.15, -0.1) is 0 Å². The number of carbonyl (C=O) groups excluding carboxylic acids is 1. The van der Waals surface area contributed by atoms with Crippen LogP contribution in [0.5, 0.6) is 0 Å². The van der Waals surface area contributed by atoms with Crippen molar-refractivity contribution < 1.29 is 9.90 Å². The lowest BCUT2D eigenvalue weighted by Gasteiger charge is -2.26. The number of amides is 1. The van der Waals surface area contributed by atoms with Crippen LogP contribution in [0.3, 0.4) is 0 Å². The second-order valence-electron chi connectivity index (χ2n) is 6.36. The molecule has 0 saturated carbocycles. The zero-order valence-corrected chi connectivity index (χ0v) is 14.2. The average molecular weight is 342 g/mol. The van der Waals surface area contributed by atoms with Gasteiger partial charge in [0.1, 0.15) is 0 Å². The molecular weight excluding hydrogens is 318 g/mol. The Kier molecular flexibility index (Phi) is 6.21. The number of rotatable bonds is 5. The van der Waals surface area contributed by atoms with Crippen LogP contribution in [0.2, 0.25) is 0 Å². The van der Waals surface area contributed by atoms with Crippen molar-refractivity contribution in [2.45, 2.75) is 40.2 Å². The molecule has 0 aliphatic heterocycles. The van der Waals surface area contributed by atoms with Crippen LogP contribution < -0.4 is 5.32 Å². The van der Waals surface area contributed by atoms with Gasteiger partial charge in [-0.2, -0.15) is 0 Å². The van der Waals surface area contributed by atoms with Gasteiger partial charge in [0, 0.05) is 16.9 Å². The Balaban J connectivity index is 2.45. The van der Waals surface area contributed by atoms with Crippen molar-refractivity contribution in [1.29, 1.82) is 0 Å². The summed E-state index contributed by atoms with van der Waals surface area (Å²) in [7, 11) is 0. The Morgan fingerprint density at radius 2 is 1.85 bits per heavy atom. The van der Waals surface area contributed by atoms with Crippen LogP contribution in [0.1, 0.15) is 33.3 Å². The maximum absolute atomic E-state index is 12.0. The molecule has 20 heavy (non-hydrogen) atoms. The smallest absolute Gasteiger partial charge is 0.223 e. The summed E-state index contributed by atoms with van der Waals surface area (Å²) in [6.07, 6.45) is 0.163. The Morgan fingerprint density at radius 3 is 2.35 bits per heavy atom. The van der Waals surface area contributed by atoms with E-state index < -0.39 is 6.10 Å². The molecule has 1 aromatic carbocycles. The number of hydrogen-bond acceptors (Lipinski definition) is 2. The van der Waals surface area contributed by atoms with Crippen molar-refractivity contribution in [1.82, 2.24) is 5.32 Å². The molecule has 2 unspecified atom stereocenters. The van der Waals surface area contributed by atoms with E-state index in [4.69, 9.17) is 0 Å². The molecule has 0 aromatic heterocycles. The molecular formula is C16H24BrNO2. The second kappa shape index (κ2) is 7.23. The van der Waals surface area contributed by atoms with Gasteiger partial charge in [0.15, 0.2) is 0 Å². The van der Waals surface area contributed by atoms with Gasteiger partial charge < -0.3 is 10.4 Å². The van der Waals surface area contributed by atoms with Gasteiger partial charge in [-0.25, -0.2) is 0 Å². The highest BCUT2D eigenvalue weighted by molar-refractivity contribution is 9.10. The Hall–Kier alpha value is -0.870. The average Bonchev–Trinajstić information content (AvgIpc) is 2.36. The lowest BCUT2D eigenvalue weighted by molar-refractivity contribution is -0.125. The SMILES string of the molecule is CC(Cc1ccc(Br)cc1)C(=O)NCC(O)C(C)(C)C. The fraction of sp³-hybridized carbons (Fsp3) is 0.562. The Labute approximate surface area is 129 Å². The number of halogens is 1. The molecule has 0 spiro atoms. The molecule has 2 atom stereocenters. The molecule has 0 heterocycles. The van der Waals surface area contributed by atoms with Gasteiger partial charge in [0.2, 0.25) is 5.91 Å². The van der Waals surface area contributed by atoms with E-state index in [0.29, 0.717) is 13.0 Å². The van der Waals surface area contributed by atoms with Crippen molar-refractivity contribution >= 4 is 21.8 Å². The molecule has 112 valence electrons. The molecule has 1 amide bonds. The van der Waals surface area contributed by atoms with Crippen molar-refractivity contribution in [2.75, 3.05) is 6.54 Å². The predicted octanol–water partition coefficient (Wildman–Crippen LogP) is 3.15. The van der Waals surface area contributed by atoms with Crippen LogP contribution >= 0.6 is 15.9 Å². The highest BCUT2D eigenvalue weighted by atomic mass is 79.9. The molecule has 0 aliphatic carbocycles. The van der Waals surface area contributed by atoms with Gasteiger partial charge in [0.05, 0.1) is 6.10 Å². The number of hydrogen-bond donors (Lipinski definition) is 2. The minimum atomic E-state index is -0.536. The van der Waals surface area contributed by atoms with Crippen LogP contribution in [-0.2, 0) is 11.2 Å². The second-order valence-corrected chi connectivity index (χ2v) is 7.27. The topological polar surface area (TPSA) is 49.3 Å². The lowest BCUT2D eigenvalue weighted by Crippen LogP contribution is -2.41. The van der Waals surface area contributed by atoms with Crippen LogP contribution in [0.15, 0.2) is 28.7 Å². The van der Waals surface area contributed by atoms with E-state index in [1.807, 2.05) is 52.0 Å². The quantitative estimate of drug-likeness (QED) is 0.864. The van der Waals surface area contributed by atoms with E-state index in [0.717, 1.165) is 10.0 Å². The monoisotopic (exact) mass is 341 g/mol. The molecule has 3 nitrogen and oxygen atoms in total. The zero-order valence-electron chi connectivity index (χ0n) is 12.6. The third-order valence-corrected chi connectivity index (χ3v) is 3.90. The standard InChI is InChI=1S/C16H24BrNO2/c1-11(9-12-5-7-13(17)8-6-12)15(20)18-10-14(19)16(2,3)4/h5-8,11,14,19H,9-10H2,1-4H3,(H,18,20). The third kappa shape index (κ3) is 5.63. The van der Waals surface area contributed by atoms with Crippen molar-refractivity contribution in [3.63, 3.8) is 0 Å². The zero-order chi connectivity index (χ0) is 15.3. The van der Waals surface area contributed by atoms with Gasteiger partial charge in [0.25, 0.3) is 0 Å². The first-order valence-corrected chi connectivity index (χ1v) is 7.69. The number of aliphatic hydroxyl groups excluding tert-OH is 1. The Bertz CT molecular complexity index is 437. The fourth-order valence-corrected chi connectivity index (χ4v) is 2.01. The van der Waals surface area contributed by atoms with E-state index in [1.54, 1.807) is 0 Å². The summed E-state index contributed by atoms with van der Waals surface area (Å²) < 4.78 is 1.03. The van der Waals surface area contributed by atoms with Crippen LogP contribution in [-0.4, -0.2) is 23.7 Å². The van der Waals surface area contributed by atoms with Crippen molar-refractivity contribution in [3.05, 3.63) is 34.3 Å². The molecule has 0 radical (unpaired) electrons. The molecule has 0 fully saturated rings. The minimum Gasteiger partial charge on any atom is -0.391 e. The van der Waals surface area contributed by atoms with E-state index in [-0.39, 0.29) is 17.2 Å². The van der Waals surface area contributed by atoms with E-state index >= 15 is 0 Å². The van der Waals surface area contributed by atoms with Crippen molar-refractivity contribution in [2.24, 2.45) is 11.3 Å². The summed E-state index contributed by atoms with van der Waals surface area (Å²) in [6.45, 7) is 8.06. The van der Waals surface area contributed by atoms with Gasteiger partial charge in [-0.1, -0.05) is 55.8 Å². The van der Waals surface area contributed by atoms with Gasteiger partial charge in [-0.3, -0.25) is 4.79 Å². The minimum absolute atomic E-state index is 0.0174. The van der Waals surface area contributed by atoms with E-state index in [9.17, 15) is 9.90 Å². The Morgan fingerprint density at radius 1 is 1.30 bits per heavy atom. The fourth-order valence-electron chi connectivity index (χ4n) is 1.74. The summed E-state index contributed by atoms with van der Waals surface area (Å²) in [4.78, 5) is 12.0. The lowest BCUT2D eigenvalue weighted by atomic mass is 9.89. The van der Waals surface area contributed by atoms with Gasteiger partial charge >= 0.3 is 0 Å². The largest absolute Gasteiger partial charge is 0.391 e. The maximum atomic E-state index is 12.0. The predicted molar refractivity (Wildman–Crippen MR) is 85.5 cm³/mol.